The van der Waals surface area contributed by atoms with E-state index in [9.17, 15) is 14.7 Å². The van der Waals surface area contributed by atoms with E-state index in [1.54, 1.807) is 37.4 Å². The monoisotopic (exact) mass is 500 g/mol. The van der Waals surface area contributed by atoms with Crippen molar-refractivity contribution in [1.82, 2.24) is 9.80 Å². The number of para-hydroxylation sites is 1. The summed E-state index contributed by atoms with van der Waals surface area (Å²) in [6, 6.07) is 23.2. The number of Topliss-reactive ketones (excluding diaryl/α,β-unsaturated/α-hetero) is 1. The molecule has 37 heavy (non-hydrogen) atoms. The molecule has 1 unspecified atom stereocenters. The average Bonchev–Trinajstić information content (AvgIpc) is 3.17. The van der Waals surface area contributed by atoms with Crippen LogP contribution >= 0.6 is 0 Å². The highest BCUT2D eigenvalue weighted by atomic mass is 16.5. The van der Waals surface area contributed by atoms with E-state index in [0.29, 0.717) is 42.2 Å². The predicted molar refractivity (Wildman–Crippen MR) is 142 cm³/mol. The summed E-state index contributed by atoms with van der Waals surface area (Å²) in [5, 5.41) is 11.3. The molecular formula is C30H32N2O5. The van der Waals surface area contributed by atoms with Crippen LogP contribution in [-0.4, -0.2) is 60.9 Å². The van der Waals surface area contributed by atoms with Gasteiger partial charge in [0.05, 0.1) is 18.7 Å². The molecule has 0 spiro atoms. The first-order valence-electron chi connectivity index (χ1n) is 12.2. The normalized spacial score (nSPS) is 16.9. The van der Waals surface area contributed by atoms with Gasteiger partial charge in [0.1, 0.15) is 23.9 Å². The third-order valence-corrected chi connectivity index (χ3v) is 6.35. The zero-order valence-corrected chi connectivity index (χ0v) is 21.4. The highest BCUT2D eigenvalue weighted by Crippen LogP contribution is 2.42. The van der Waals surface area contributed by atoms with Gasteiger partial charge in [-0.3, -0.25) is 9.59 Å². The summed E-state index contributed by atoms with van der Waals surface area (Å²) < 4.78 is 11.4. The summed E-state index contributed by atoms with van der Waals surface area (Å²) in [5.41, 5.74) is 2.18. The molecule has 1 saturated heterocycles. The van der Waals surface area contributed by atoms with Crippen LogP contribution in [0.25, 0.3) is 5.76 Å². The fourth-order valence-electron chi connectivity index (χ4n) is 4.49. The number of likely N-dealkylation sites (tertiary alicyclic amines) is 1. The van der Waals surface area contributed by atoms with E-state index in [2.05, 4.69) is 0 Å². The molecule has 0 saturated carbocycles. The molecule has 1 fully saturated rings. The van der Waals surface area contributed by atoms with E-state index < -0.39 is 17.7 Å². The summed E-state index contributed by atoms with van der Waals surface area (Å²) in [6.45, 7) is 1.54. The molecule has 0 radical (unpaired) electrons. The number of hydrogen-bond acceptors (Lipinski definition) is 6. The topological polar surface area (TPSA) is 79.3 Å². The van der Waals surface area contributed by atoms with Crippen molar-refractivity contribution >= 4 is 17.4 Å². The third-order valence-electron chi connectivity index (χ3n) is 6.35. The van der Waals surface area contributed by atoms with E-state index in [-0.39, 0.29) is 11.3 Å². The Hall–Kier alpha value is -4.10. The van der Waals surface area contributed by atoms with E-state index in [1.807, 2.05) is 67.5 Å². The number of aliphatic hydroxyl groups is 1. The predicted octanol–water partition coefficient (Wildman–Crippen LogP) is 4.65. The number of ether oxygens (including phenoxy) is 2. The van der Waals surface area contributed by atoms with E-state index >= 15 is 0 Å². The molecule has 1 amide bonds. The first-order valence-corrected chi connectivity index (χ1v) is 12.2. The number of benzene rings is 3. The Morgan fingerprint density at radius 3 is 2.30 bits per heavy atom. The van der Waals surface area contributed by atoms with Gasteiger partial charge in [-0.2, -0.15) is 0 Å². The van der Waals surface area contributed by atoms with Crippen molar-refractivity contribution in [2.45, 2.75) is 19.1 Å². The van der Waals surface area contributed by atoms with E-state index in [4.69, 9.17) is 9.47 Å². The average molecular weight is 501 g/mol. The van der Waals surface area contributed by atoms with Gasteiger partial charge in [-0.25, -0.2) is 0 Å². The maximum atomic E-state index is 13.3. The molecule has 1 heterocycles. The molecule has 3 aromatic rings. The van der Waals surface area contributed by atoms with E-state index in [0.717, 1.165) is 12.1 Å². The van der Waals surface area contributed by atoms with Crippen molar-refractivity contribution in [2.24, 2.45) is 0 Å². The number of aliphatic hydroxyl groups excluding tert-OH is 1. The number of carbonyl (C=O) groups is 2. The molecule has 7 heteroatoms. The van der Waals surface area contributed by atoms with Gasteiger partial charge in [-0.05, 0) is 63.0 Å². The van der Waals surface area contributed by atoms with Crippen LogP contribution in [0.4, 0.5) is 0 Å². The van der Waals surface area contributed by atoms with Crippen LogP contribution in [0.15, 0.2) is 84.4 Å². The minimum Gasteiger partial charge on any atom is -0.507 e. The summed E-state index contributed by atoms with van der Waals surface area (Å²) in [6.07, 6.45) is 0.680. The lowest BCUT2D eigenvalue weighted by atomic mass is 9.94. The van der Waals surface area contributed by atoms with Crippen LogP contribution in [0.3, 0.4) is 0 Å². The van der Waals surface area contributed by atoms with Gasteiger partial charge in [-0.15, -0.1) is 0 Å². The van der Waals surface area contributed by atoms with Gasteiger partial charge in [0, 0.05) is 17.7 Å². The first-order chi connectivity index (χ1) is 17.9. The second-order valence-electron chi connectivity index (χ2n) is 9.19. The van der Waals surface area contributed by atoms with Gasteiger partial charge in [0.2, 0.25) is 0 Å². The molecule has 0 aliphatic carbocycles. The fraction of sp³-hybridized carbons (Fsp3) is 0.267. The van der Waals surface area contributed by atoms with Gasteiger partial charge < -0.3 is 24.4 Å². The Bertz CT molecular complexity index is 1270. The van der Waals surface area contributed by atoms with E-state index in [1.165, 1.54) is 4.90 Å². The van der Waals surface area contributed by atoms with Gasteiger partial charge >= 0.3 is 0 Å². The van der Waals surface area contributed by atoms with Crippen LogP contribution in [0.2, 0.25) is 0 Å². The summed E-state index contributed by atoms with van der Waals surface area (Å²) >= 11 is 0. The lowest BCUT2D eigenvalue weighted by Gasteiger charge is -2.27. The fourth-order valence-corrected chi connectivity index (χ4v) is 4.49. The standard InChI is InChI=1S/C30H32N2O5/c1-31(2)18-9-19-32-27(24-12-7-8-13-25(24)36-3)26(29(34)30(32)35)28(33)22-14-16-23(17-15-22)37-20-21-10-5-4-6-11-21/h4-8,10-17,27,33H,9,18-20H2,1-3H3/b28-26-. The number of amides is 1. The molecule has 1 N–H and O–H groups in total. The Kier molecular flexibility index (Phi) is 8.25. The lowest BCUT2D eigenvalue weighted by Crippen LogP contribution is -2.32. The molecule has 7 nitrogen and oxygen atoms in total. The van der Waals surface area contributed by atoms with Crippen LogP contribution < -0.4 is 9.47 Å². The Morgan fingerprint density at radius 1 is 0.946 bits per heavy atom. The van der Waals surface area contributed by atoms with Crippen molar-refractivity contribution in [3.05, 3.63) is 101 Å². The summed E-state index contributed by atoms with van der Waals surface area (Å²) in [4.78, 5) is 30.0. The van der Waals surface area contributed by atoms with Crippen molar-refractivity contribution in [3.63, 3.8) is 0 Å². The molecule has 0 bridgehead atoms. The Morgan fingerprint density at radius 2 is 1.62 bits per heavy atom. The number of carbonyl (C=O) groups excluding carboxylic acids is 2. The largest absolute Gasteiger partial charge is 0.507 e. The molecular weight excluding hydrogens is 468 g/mol. The summed E-state index contributed by atoms with van der Waals surface area (Å²) in [7, 11) is 5.46. The second-order valence-corrected chi connectivity index (χ2v) is 9.19. The van der Waals surface area contributed by atoms with Crippen LogP contribution in [0.5, 0.6) is 11.5 Å². The number of methoxy groups -OCH3 is 1. The van der Waals surface area contributed by atoms with Crippen molar-refractivity contribution in [3.8, 4) is 11.5 Å². The Balaban J connectivity index is 1.67. The maximum absolute atomic E-state index is 13.3. The lowest BCUT2D eigenvalue weighted by molar-refractivity contribution is -0.140. The zero-order valence-electron chi connectivity index (χ0n) is 21.4. The molecule has 1 aliphatic heterocycles. The Labute approximate surface area is 217 Å². The molecule has 0 aromatic heterocycles. The van der Waals surface area contributed by atoms with Gasteiger partial charge in [0.25, 0.3) is 11.7 Å². The zero-order chi connectivity index (χ0) is 26.4. The number of nitrogens with zero attached hydrogens (tertiary/aromatic N) is 2. The molecule has 1 aliphatic rings. The number of ketones is 1. The first kappa shape index (κ1) is 26.0. The van der Waals surface area contributed by atoms with Crippen molar-refractivity contribution < 1.29 is 24.2 Å². The number of rotatable bonds is 10. The minimum atomic E-state index is -0.757. The second kappa shape index (κ2) is 11.8. The van der Waals surface area contributed by atoms with Crippen LogP contribution in [-0.2, 0) is 16.2 Å². The molecule has 4 rings (SSSR count). The smallest absolute Gasteiger partial charge is 0.295 e. The summed E-state index contributed by atoms with van der Waals surface area (Å²) in [5.74, 6) is -0.381. The SMILES string of the molecule is COc1ccccc1C1/C(=C(/O)c2ccc(OCc3ccccc3)cc2)C(=O)C(=O)N1CCCN(C)C. The van der Waals surface area contributed by atoms with Gasteiger partial charge in [-0.1, -0.05) is 48.5 Å². The van der Waals surface area contributed by atoms with Crippen LogP contribution in [0.1, 0.15) is 29.2 Å². The third kappa shape index (κ3) is 5.84. The van der Waals surface area contributed by atoms with Crippen molar-refractivity contribution in [2.75, 3.05) is 34.3 Å². The maximum Gasteiger partial charge on any atom is 0.295 e. The highest BCUT2D eigenvalue weighted by Gasteiger charge is 2.46. The highest BCUT2D eigenvalue weighted by molar-refractivity contribution is 6.46. The molecule has 1 atom stereocenters. The van der Waals surface area contributed by atoms with Crippen LogP contribution in [0, 0.1) is 0 Å². The number of hydrogen-bond donors (Lipinski definition) is 1. The van der Waals surface area contributed by atoms with Crippen molar-refractivity contribution in [1.29, 1.82) is 0 Å². The molecule has 192 valence electrons. The minimum absolute atomic E-state index is 0.0531. The molecule has 3 aromatic carbocycles. The quantitative estimate of drug-likeness (QED) is 0.248. The van der Waals surface area contributed by atoms with Gasteiger partial charge in [0.15, 0.2) is 0 Å².